The van der Waals surface area contributed by atoms with Gasteiger partial charge in [-0.05, 0) is 18.6 Å². The van der Waals surface area contributed by atoms with E-state index in [0.717, 1.165) is 5.56 Å². The van der Waals surface area contributed by atoms with Gasteiger partial charge in [0.25, 0.3) is 5.69 Å². The van der Waals surface area contributed by atoms with Crippen molar-refractivity contribution in [1.82, 2.24) is 10.2 Å². The topological polar surface area (TPSA) is 82.1 Å². The second-order valence-corrected chi connectivity index (χ2v) is 3.72. The number of aryl methyl sites for hydroxylation is 1. The molecule has 0 bridgehead atoms. The quantitative estimate of drug-likeness (QED) is 0.477. The van der Waals surface area contributed by atoms with Crippen LogP contribution in [-0.4, -0.2) is 15.1 Å². The molecule has 7 heteroatoms. The van der Waals surface area contributed by atoms with Crippen LogP contribution >= 0.6 is 11.6 Å². The van der Waals surface area contributed by atoms with Crippen molar-refractivity contribution in [1.29, 1.82) is 0 Å². The van der Waals surface area contributed by atoms with Crippen molar-refractivity contribution in [2.75, 3.05) is 0 Å². The molecule has 2 rings (SSSR count). The molecule has 0 atom stereocenters. The predicted molar refractivity (Wildman–Crippen MR) is 60.7 cm³/mol. The highest BCUT2D eigenvalue weighted by atomic mass is 35.5. The molecule has 0 aliphatic carbocycles. The third kappa shape index (κ3) is 2.42. The van der Waals surface area contributed by atoms with E-state index >= 15 is 0 Å². The van der Waals surface area contributed by atoms with Gasteiger partial charge in [-0.2, -0.15) is 0 Å². The summed E-state index contributed by atoms with van der Waals surface area (Å²) in [6.45, 7) is 1.76. The van der Waals surface area contributed by atoms with E-state index in [2.05, 4.69) is 10.2 Å². The highest BCUT2D eigenvalue weighted by Gasteiger charge is 2.13. The molecule has 88 valence electrons. The third-order valence-corrected chi connectivity index (χ3v) is 2.33. The number of hydrogen-bond donors (Lipinski definition) is 0. The summed E-state index contributed by atoms with van der Waals surface area (Å²) >= 11 is 5.54. The molecule has 0 radical (unpaired) electrons. The van der Waals surface area contributed by atoms with Crippen LogP contribution in [0.5, 0.6) is 0 Å². The Kier molecular flexibility index (Phi) is 3.06. The zero-order valence-electron chi connectivity index (χ0n) is 8.88. The Labute approximate surface area is 101 Å². The molecule has 1 aromatic carbocycles. The summed E-state index contributed by atoms with van der Waals surface area (Å²) in [5.74, 6) is 0.624. The summed E-state index contributed by atoms with van der Waals surface area (Å²) in [7, 11) is 0. The Bertz CT molecular complexity index is 568. The predicted octanol–water partition coefficient (Wildman–Crippen LogP) is 2.69. The molecular weight excluding hydrogens is 246 g/mol. The Morgan fingerprint density at radius 3 is 2.76 bits per heavy atom. The molecule has 0 unspecified atom stereocenters. The Morgan fingerprint density at radius 2 is 2.18 bits per heavy atom. The molecule has 0 saturated heterocycles. The van der Waals surface area contributed by atoms with Crippen LogP contribution in [0.2, 0.25) is 0 Å². The minimum absolute atomic E-state index is 0.00868. The number of alkyl halides is 1. The van der Waals surface area contributed by atoms with Crippen LogP contribution < -0.4 is 0 Å². The molecule has 0 spiro atoms. The second-order valence-electron chi connectivity index (χ2n) is 3.45. The van der Waals surface area contributed by atoms with E-state index in [1.807, 2.05) is 0 Å². The molecule has 2 aromatic rings. The Morgan fingerprint density at radius 1 is 1.41 bits per heavy atom. The SMILES string of the molecule is Cc1cc(-c2nnc(CCl)o2)cc([N+](=O)[O-])c1. The highest BCUT2D eigenvalue weighted by molar-refractivity contribution is 6.16. The van der Waals surface area contributed by atoms with Crippen molar-refractivity contribution in [3.8, 4) is 11.5 Å². The lowest BCUT2D eigenvalue weighted by Crippen LogP contribution is -1.90. The fourth-order valence-electron chi connectivity index (χ4n) is 1.42. The minimum Gasteiger partial charge on any atom is -0.419 e. The second kappa shape index (κ2) is 4.50. The van der Waals surface area contributed by atoms with Crippen LogP contribution in [-0.2, 0) is 5.88 Å². The average Bonchev–Trinajstić information content (AvgIpc) is 2.76. The number of halogens is 1. The number of hydrogen-bond acceptors (Lipinski definition) is 5. The van der Waals surface area contributed by atoms with Crippen LogP contribution in [0.4, 0.5) is 5.69 Å². The van der Waals surface area contributed by atoms with E-state index in [1.54, 1.807) is 13.0 Å². The van der Waals surface area contributed by atoms with E-state index in [-0.39, 0.29) is 23.3 Å². The van der Waals surface area contributed by atoms with E-state index in [1.165, 1.54) is 12.1 Å². The van der Waals surface area contributed by atoms with Crippen molar-refractivity contribution >= 4 is 17.3 Å². The molecule has 17 heavy (non-hydrogen) atoms. The zero-order valence-corrected chi connectivity index (χ0v) is 9.64. The summed E-state index contributed by atoms with van der Waals surface area (Å²) < 4.78 is 5.23. The fourth-order valence-corrected chi connectivity index (χ4v) is 1.52. The number of benzene rings is 1. The zero-order chi connectivity index (χ0) is 12.4. The smallest absolute Gasteiger partial charge is 0.270 e. The van der Waals surface area contributed by atoms with Crippen molar-refractivity contribution in [3.05, 3.63) is 39.8 Å². The maximum absolute atomic E-state index is 10.7. The van der Waals surface area contributed by atoms with E-state index in [9.17, 15) is 10.1 Å². The average molecular weight is 254 g/mol. The lowest BCUT2D eigenvalue weighted by Gasteiger charge is -1.98. The monoisotopic (exact) mass is 253 g/mol. The standard InChI is InChI=1S/C10H8ClN3O3/c1-6-2-7(4-8(3-6)14(15)16)10-13-12-9(5-11)17-10/h2-4H,5H2,1H3. The van der Waals surface area contributed by atoms with Crippen molar-refractivity contribution < 1.29 is 9.34 Å². The van der Waals surface area contributed by atoms with Gasteiger partial charge in [-0.15, -0.1) is 21.8 Å². The Balaban J connectivity index is 2.47. The number of nitro benzene ring substituents is 1. The number of nitro groups is 1. The lowest BCUT2D eigenvalue weighted by atomic mass is 10.1. The number of non-ortho nitro benzene ring substituents is 1. The van der Waals surface area contributed by atoms with E-state index in [0.29, 0.717) is 5.56 Å². The molecule has 0 fully saturated rings. The summed E-state index contributed by atoms with van der Waals surface area (Å²) in [4.78, 5) is 10.3. The molecule has 1 aromatic heterocycles. The van der Waals surface area contributed by atoms with Crippen molar-refractivity contribution in [2.45, 2.75) is 12.8 Å². The molecular formula is C10H8ClN3O3. The highest BCUT2D eigenvalue weighted by Crippen LogP contribution is 2.25. The summed E-state index contributed by atoms with van der Waals surface area (Å²) in [6, 6.07) is 4.60. The van der Waals surface area contributed by atoms with Gasteiger partial charge in [0.2, 0.25) is 11.8 Å². The molecule has 0 aliphatic heterocycles. The van der Waals surface area contributed by atoms with Crippen LogP contribution in [0, 0.1) is 17.0 Å². The first-order valence-electron chi connectivity index (χ1n) is 4.75. The van der Waals surface area contributed by atoms with Gasteiger partial charge in [-0.1, -0.05) is 0 Å². The molecule has 0 amide bonds. The summed E-state index contributed by atoms with van der Waals surface area (Å²) in [5.41, 5.74) is 1.26. The minimum atomic E-state index is -0.463. The maximum Gasteiger partial charge on any atom is 0.270 e. The van der Waals surface area contributed by atoms with Gasteiger partial charge in [0.05, 0.1) is 4.92 Å². The van der Waals surface area contributed by atoms with Crippen LogP contribution in [0.3, 0.4) is 0 Å². The Hall–Kier alpha value is -1.95. The number of aromatic nitrogens is 2. The largest absolute Gasteiger partial charge is 0.419 e. The first-order valence-corrected chi connectivity index (χ1v) is 5.28. The van der Waals surface area contributed by atoms with Gasteiger partial charge >= 0.3 is 0 Å². The van der Waals surface area contributed by atoms with Crippen LogP contribution in [0.1, 0.15) is 11.5 Å². The molecule has 1 heterocycles. The van der Waals surface area contributed by atoms with Gasteiger partial charge in [0, 0.05) is 17.7 Å². The molecule has 6 nitrogen and oxygen atoms in total. The summed E-state index contributed by atoms with van der Waals surface area (Å²) in [6.07, 6.45) is 0. The van der Waals surface area contributed by atoms with E-state index in [4.69, 9.17) is 16.0 Å². The number of nitrogens with zero attached hydrogens (tertiary/aromatic N) is 3. The molecule has 0 aliphatic rings. The van der Waals surface area contributed by atoms with Gasteiger partial charge in [-0.3, -0.25) is 10.1 Å². The fraction of sp³-hybridized carbons (Fsp3) is 0.200. The van der Waals surface area contributed by atoms with Crippen molar-refractivity contribution in [2.24, 2.45) is 0 Å². The molecule has 0 saturated carbocycles. The molecule has 0 N–H and O–H groups in total. The first-order chi connectivity index (χ1) is 8.10. The van der Waals surface area contributed by atoms with Gasteiger partial charge in [0.15, 0.2) is 0 Å². The van der Waals surface area contributed by atoms with Gasteiger partial charge in [0.1, 0.15) is 5.88 Å². The lowest BCUT2D eigenvalue weighted by molar-refractivity contribution is -0.384. The normalized spacial score (nSPS) is 10.5. The maximum atomic E-state index is 10.7. The van der Waals surface area contributed by atoms with Crippen LogP contribution in [0.25, 0.3) is 11.5 Å². The van der Waals surface area contributed by atoms with Crippen LogP contribution in [0.15, 0.2) is 22.6 Å². The van der Waals surface area contributed by atoms with Gasteiger partial charge < -0.3 is 4.42 Å². The van der Waals surface area contributed by atoms with Gasteiger partial charge in [-0.25, -0.2) is 0 Å². The number of rotatable bonds is 3. The van der Waals surface area contributed by atoms with Crippen molar-refractivity contribution in [3.63, 3.8) is 0 Å². The first kappa shape index (κ1) is 11.5. The third-order valence-electron chi connectivity index (χ3n) is 2.10. The van der Waals surface area contributed by atoms with E-state index < -0.39 is 4.92 Å². The summed E-state index contributed by atoms with van der Waals surface area (Å²) in [5, 5.41) is 18.2.